The molecule has 1 saturated heterocycles. The van der Waals surface area contributed by atoms with E-state index in [9.17, 15) is 18.0 Å². The summed E-state index contributed by atoms with van der Waals surface area (Å²) in [7, 11) is -0.651. The van der Waals surface area contributed by atoms with Crippen LogP contribution in [-0.2, 0) is 26.3 Å². The van der Waals surface area contributed by atoms with Gasteiger partial charge in [-0.3, -0.25) is 4.79 Å². The van der Waals surface area contributed by atoms with E-state index in [1.54, 1.807) is 19.0 Å². The number of hydrogen-bond donors (Lipinski definition) is 0. The maximum absolute atomic E-state index is 13.7. The van der Waals surface area contributed by atoms with Gasteiger partial charge in [-0.25, -0.2) is 4.79 Å². The highest BCUT2D eigenvalue weighted by Gasteiger charge is 2.57. The van der Waals surface area contributed by atoms with E-state index >= 15 is 0 Å². The molecule has 1 heterocycles. The molecule has 0 radical (unpaired) electrons. The number of carbonyl (C=O) groups excluding carboxylic acids is 2. The average Bonchev–Trinajstić information content (AvgIpc) is 2.99. The lowest BCUT2D eigenvalue weighted by atomic mass is 9.81. The molecule has 0 spiro atoms. The lowest BCUT2D eigenvalue weighted by molar-refractivity contribution is -0.134. The highest BCUT2D eigenvalue weighted by molar-refractivity contribution is 7.87. The van der Waals surface area contributed by atoms with Gasteiger partial charge in [0, 0.05) is 32.6 Å². The highest BCUT2D eigenvalue weighted by Crippen LogP contribution is 2.42. The fourth-order valence-corrected chi connectivity index (χ4v) is 7.53. The zero-order valence-electron chi connectivity index (χ0n) is 19.8. The van der Waals surface area contributed by atoms with Crippen LogP contribution in [0.3, 0.4) is 0 Å². The zero-order valence-corrected chi connectivity index (χ0v) is 20.6. The molecule has 1 aliphatic heterocycles. The number of nitrogens with zero attached hydrogens (tertiary/aromatic N) is 3. The topological polar surface area (TPSA) is 87.2 Å². The van der Waals surface area contributed by atoms with Crippen LogP contribution in [0.5, 0.6) is 0 Å². The van der Waals surface area contributed by atoms with Crippen molar-refractivity contribution < 1.29 is 22.7 Å². The van der Waals surface area contributed by atoms with E-state index in [0.717, 1.165) is 42.0 Å². The maximum Gasteiger partial charge on any atom is 0.425 e. The fourth-order valence-electron chi connectivity index (χ4n) is 5.61. The van der Waals surface area contributed by atoms with Crippen molar-refractivity contribution >= 4 is 22.2 Å². The minimum Gasteiger partial charge on any atom is -0.442 e. The Balaban J connectivity index is 1.63. The van der Waals surface area contributed by atoms with E-state index in [0.29, 0.717) is 19.3 Å². The first-order valence-electron chi connectivity index (χ1n) is 11.9. The van der Waals surface area contributed by atoms with Gasteiger partial charge in [0.25, 0.3) is 0 Å². The molecule has 0 N–H and O–H groups in total. The summed E-state index contributed by atoms with van der Waals surface area (Å²) in [5, 5.41) is 0. The number of fused-ring (bicyclic) bond motifs is 1. The zero-order chi connectivity index (χ0) is 23.8. The molecule has 33 heavy (non-hydrogen) atoms. The Kier molecular flexibility index (Phi) is 6.73. The van der Waals surface area contributed by atoms with Crippen LogP contribution in [0.2, 0.25) is 0 Å². The number of ether oxygens (including phenoxy) is 1. The van der Waals surface area contributed by atoms with Crippen molar-refractivity contribution in [3.8, 4) is 0 Å². The molecule has 8 nitrogen and oxygen atoms in total. The van der Waals surface area contributed by atoms with Gasteiger partial charge in [-0.15, -0.1) is 0 Å². The number of carbonyl (C=O) groups is 2. The largest absolute Gasteiger partial charge is 0.442 e. The van der Waals surface area contributed by atoms with Gasteiger partial charge in [0.1, 0.15) is 5.60 Å². The molecule has 0 aromatic heterocycles. The summed E-state index contributed by atoms with van der Waals surface area (Å²) in [6.45, 7) is 2.06. The van der Waals surface area contributed by atoms with E-state index in [4.69, 9.17) is 4.74 Å². The van der Waals surface area contributed by atoms with Crippen molar-refractivity contribution in [3.63, 3.8) is 0 Å². The quantitative estimate of drug-likeness (QED) is 0.662. The first-order chi connectivity index (χ1) is 15.6. The van der Waals surface area contributed by atoms with Crippen LogP contribution in [0.1, 0.15) is 63.9 Å². The Labute approximate surface area is 197 Å². The molecule has 2 saturated carbocycles. The van der Waals surface area contributed by atoms with Crippen LogP contribution in [-0.4, -0.2) is 65.7 Å². The summed E-state index contributed by atoms with van der Waals surface area (Å²) in [4.78, 5) is 27.6. The summed E-state index contributed by atoms with van der Waals surface area (Å²) >= 11 is 0. The van der Waals surface area contributed by atoms with E-state index in [-0.39, 0.29) is 18.4 Å². The van der Waals surface area contributed by atoms with E-state index in [1.165, 1.54) is 4.31 Å². The maximum atomic E-state index is 13.7. The molecule has 0 unspecified atom stereocenters. The second-order valence-electron chi connectivity index (χ2n) is 10.1. The molecule has 1 aromatic rings. The third-order valence-corrected chi connectivity index (χ3v) is 9.30. The van der Waals surface area contributed by atoms with Crippen molar-refractivity contribution in [1.82, 2.24) is 13.5 Å². The van der Waals surface area contributed by atoms with Gasteiger partial charge in [-0.05, 0) is 57.4 Å². The van der Waals surface area contributed by atoms with Crippen molar-refractivity contribution in [2.45, 2.75) is 82.5 Å². The first kappa shape index (κ1) is 24.0. The Morgan fingerprint density at radius 2 is 1.73 bits per heavy atom. The van der Waals surface area contributed by atoms with Crippen LogP contribution in [0.4, 0.5) is 4.79 Å². The second-order valence-corrected chi connectivity index (χ2v) is 11.8. The van der Waals surface area contributed by atoms with Gasteiger partial charge < -0.3 is 9.64 Å². The minimum absolute atomic E-state index is 0.00116. The van der Waals surface area contributed by atoms with Gasteiger partial charge in [-0.1, -0.05) is 36.8 Å². The molecule has 3 atom stereocenters. The third kappa shape index (κ3) is 4.75. The average molecular weight is 478 g/mol. The monoisotopic (exact) mass is 477 g/mol. The number of hydrogen-bond acceptors (Lipinski definition) is 5. The summed E-state index contributed by atoms with van der Waals surface area (Å²) < 4.78 is 35.7. The molecule has 3 aliphatic rings. The molecule has 182 valence electrons. The van der Waals surface area contributed by atoms with Crippen LogP contribution in [0.25, 0.3) is 0 Å². The molecular weight excluding hydrogens is 442 g/mol. The Hall–Kier alpha value is -2.13. The molecule has 3 fully saturated rings. The summed E-state index contributed by atoms with van der Waals surface area (Å²) in [5.41, 5.74) is 0.209. The normalized spacial score (nSPS) is 28.7. The number of amides is 2. The van der Waals surface area contributed by atoms with Crippen molar-refractivity contribution in [1.29, 1.82) is 0 Å². The van der Waals surface area contributed by atoms with Gasteiger partial charge in [0.2, 0.25) is 5.91 Å². The lowest BCUT2D eigenvalue weighted by Gasteiger charge is -2.37. The van der Waals surface area contributed by atoms with Crippen molar-refractivity contribution in [2.75, 3.05) is 14.1 Å². The predicted molar refractivity (Wildman–Crippen MR) is 124 cm³/mol. The van der Waals surface area contributed by atoms with Gasteiger partial charge >= 0.3 is 16.3 Å². The predicted octanol–water partition coefficient (Wildman–Crippen LogP) is 3.53. The van der Waals surface area contributed by atoms with Gasteiger partial charge in [-0.2, -0.15) is 17.0 Å². The van der Waals surface area contributed by atoms with E-state index in [1.807, 2.05) is 37.3 Å². The lowest BCUT2D eigenvalue weighted by Crippen LogP contribution is -2.48. The standard InChI is InChI=1S/C24H35N3O5S/c1-24(14-8-5-9-15-24)32-23(29)27-20-13-12-19(22(28)25(2)3)16-21(20)26(33(27,30)31)17-18-10-6-4-7-11-18/h4,6-7,10-11,19-21H,5,8-9,12-17H2,1-3H3/t19-,20-,21+/m0/s1. The second kappa shape index (κ2) is 9.25. The molecule has 2 aliphatic carbocycles. The summed E-state index contributed by atoms with van der Waals surface area (Å²) in [6.07, 6.45) is 5.15. The molecule has 1 aromatic carbocycles. The van der Waals surface area contributed by atoms with Crippen molar-refractivity contribution in [2.24, 2.45) is 5.92 Å². The molecule has 4 rings (SSSR count). The van der Waals surface area contributed by atoms with Crippen LogP contribution in [0.15, 0.2) is 30.3 Å². The van der Waals surface area contributed by atoms with E-state index < -0.39 is 34.0 Å². The SMILES string of the molecule is CN(C)C(=O)[C@H]1CC[C@H]2[C@@H](C1)N(Cc1ccccc1)S(=O)(=O)N2C(=O)OC1(C)CCCCC1. The first-order valence-corrected chi connectivity index (χ1v) is 13.3. The minimum atomic E-state index is -4.09. The Bertz CT molecular complexity index is 975. The molecule has 0 bridgehead atoms. The Morgan fingerprint density at radius 3 is 2.36 bits per heavy atom. The smallest absolute Gasteiger partial charge is 0.425 e. The molecule has 2 amide bonds. The Morgan fingerprint density at radius 1 is 1.06 bits per heavy atom. The van der Waals surface area contributed by atoms with Crippen molar-refractivity contribution in [3.05, 3.63) is 35.9 Å². The highest BCUT2D eigenvalue weighted by atomic mass is 32.2. The molecular formula is C24H35N3O5S. The van der Waals surface area contributed by atoms with Crippen LogP contribution in [0, 0.1) is 5.92 Å². The van der Waals surface area contributed by atoms with Crippen LogP contribution < -0.4 is 0 Å². The summed E-state index contributed by atoms with van der Waals surface area (Å²) in [6, 6.07) is 8.38. The third-order valence-electron chi connectivity index (χ3n) is 7.39. The van der Waals surface area contributed by atoms with Gasteiger partial charge in [0.05, 0.1) is 6.04 Å². The fraction of sp³-hybridized carbons (Fsp3) is 0.667. The van der Waals surface area contributed by atoms with E-state index in [2.05, 4.69) is 0 Å². The van der Waals surface area contributed by atoms with Crippen LogP contribution >= 0.6 is 0 Å². The summed E-state index contributed by atoms with van der Waals surface area (Å²) in [5.74, 6) is -0.261. The number of benzene rings is 1. The molecule has 9 heteroatoms. The van der Waals surface area contributed by atoms with Gasteiger partial charge in [0.15, 0.2) is 0 Å². The number of rotatable bonds is 4.